The van der Waals surface area contributed by atoms with Gasteiger partial charge in [0.1, 0.15) is 0 Å². The molecule has 5 nitrogen and oxygen atoms in total. The third-order valence-corrected chi connectivity index (χ3v) is 2.47. The summed E-state index contributed by atoms with van der Waals surface area (Å²) in [5, 5.41) is 3.86. The van der Waals surface area contributed by atoms with Crippen LogP contribution in [-0.4, -0.2) is 30.8 Å². The molecule has 0 atom stereocenters. The van der Waals surface area contributed by atoms with Crippen molar-refractivity contribution in [2.24, 2.45) is 5.73 Å². The van der Waals surface area contributed by atoms with Crippen LogP contribution in [0.4, 0.5) is 5.69 Å². The molecule has 1 aromatic carbocycles. The molecule has 1 heterocycles. The van der Waals surface area contributed by atoms with Crippen LogP contribution in [0.15, 0.2) is 28.8 Å². The number of rotatable bonds is 4. The van der Waals surface area contributed by atoms with Crippen molar-refractivity contribution < 1.29 is 4.52 Å². The van der Waals surface area contributed by atoms with Crippen LogP contribution in [0.25, 0.3) is 11.5 Å². The maximum atomic E-state index is 5.43. The highest BCUT2D eigenvalue weighted by Crippen LogP contribution is 2.20. The van der Waals surface area contributed by atoms with E-state index in [1.165, 1.54) is 0 Å². The summed E-state index contributed by atoms with van der Waals surface area (Å²) in [5.41, 5.74) is 7.49. The van der Waals surface area contributed by atoms with Crippen LogP contribution in [0, 0.1) is 0 Å². The Morgan fingerprint density at radius 2 is 1.94 bits per heavy atom. The maximum absolute atomic E-state index is 5.43. The highest BCUT2D eigenvalue weighted by Gasteiger charge is 2.08. The minimum Gasteiger partial charge on any atom is -0.378 e. The summed E-state index contributed by atoms with van der Waals surface area (Å²) >= 11 is 0. The molecule has 0 bridgehead atoms. The van der Waals surface area contributed by atoms with Crippen LogP contribution in [-0.2, 0) is 6.42 Å². The Labute approximate surface area is 100 Å². The van der Waals surface area contributed by atoms with Crippen molar-refractivity contribution in [1.82, 2.24) is 10.1 Å². The second kappa shape index (κ2) is 4.97. The van der Waals surface area contributed by atoms with Crippen LogP contribution in [0.5, 0.6) is 0 Å². The van der Waals surface area contributed by atoms with Crippen molar-refractivity contribution in [3.63, 3.8) is 0 Å². The predicted octanol–water partition coefficient (Wildman–Crippen LogP) is 1.30. The summed E-state index contributed by atoms with van der Waals surface area (Å²) in [6, 6.07) is 7.97. The second-order valence-corrected chi connectivity index (χ2v) is 4.00. The maximum Gasteiger partial charge on any atom is 0.257 e. The number of benzene rings is 1. The van der Waals surface area contributed by atoms with Crippen LogP contribution in [0.1, 0.15) is 5.82 Å². The summed E-state index contributed by atoms with van der Waals surface area (Å²) in [6.07, 6.45) is 0.638. The Hall–Kier alpha value is -1.88. The Morgan fingerprint density at radius 1 is 1.24 bits per heavy atom. The van der Waals surface area contributed by atoms with Crippen LogP contribution < -0.4 is 10.6 Å². The molecule has 2 aromatic rings. The normalized spacial score (nSPS) is 10.5. The Morgan fingerprint density at radius 3 is 2.53 bits per heavy atom. The molecular formula is C12H16N4O. The molecule has 0 radical (unpaired) electrons. The zero-order valence-corrected chi connectivity index (χ0v) is 10.1. The average molecular weight is 232 g/mol. The van der Waals surface area contributed by atoms with Gasteiger partial charge in [0, 0.05) is 31.8 Å². The van der Waals surface area contributed by atoms with E-state index in [1.807, 2.05) is 43.3 Å². The third kappa shape index (κ3) is 2.62. The van der Waals surface area contributed by atoms with Crippen LogP contribution in [0.2, 0.25) is 0 Å². The van der Waals surface area contributed by atoms with E-state index < -0.39 is 0 Å². The van der Waals surface area contributed by atoms with Crippen molar-refractivity contribution in [2.45, 2.75) is 6.42 Å². The van der Waals surface area contributed by atoms with E-state index >= 15 is 0 Å². The first-order valence-electron chi connectivity index (χ1n) is 5.51. The van der Waals surface area contributed by atoms with E-state index in [0.717, 1.165) is 11.3 Å². The van der Waals surface area contributed by atoms with Gasteiger partial charge in [-0.25, -0.2) is 0 Å². The Kier molecular flexibility index (Phi) is 3.39. The molecular weight excluding hydrogens is 216 g/mol. The monoisotopic (exact) mass is 232 g/mol. The van der Waals surface area contributed by atoms with E-state index in [-0.39, 0.29) is 0 Å². The van der Waals surface area contributed by atoms with Crippen molar-refractivity contribution in [3.8, 4) is 11.5 Å². The largest absolute Gasteiger partial charge is 0.378 e. The van der Waals surface area contributed by atoms with Crippen LogP contribution in [0.3, 0.4) is 0 Å². The van der Waals surface area contributed by atoms with Gasteiger partial charge < -0.3 is 15.2 Å². The van der Waals surface area contributed by atoms with Crippen molar-refractivity contribution >= 4 is 5.69 Å². The number of hydrogen-bond donors (Lipinski definition) is 1. The van der Waals surface area contributed by atoms with Gasteiger partial charge in [-0.05, 0) is 30.8 Å². The highest BCUT2D eigenvalue weighted by atomic mass is 16.5. The molecule has 0 unspecified atom stereocenters. The molecule has 0 aliphatic rings. The zero-order chi connectivity index (χ0) is 12.3. The van der Waals surface area contributed by atoms with Gasteiger partial charge in [0.05, 0.1) is 0 Å². The fourth-order valence-corrected chi connectivity index (χ4v) is 1.50. The molecule has 0 aliphatic carbocycles. The number of nitrogens with two attached hydrogens (primary N) is 1. The number of aromatic nitrogens is 2. The molecule has 0 aliphatic heterocycles. The minimum absolute atomic E-state index is 0.526. The minimum atomic E-state index is 0.526. The van der Waals surface area contributed by atoms with Crippen molar-refractivity contribution in [3.05, 3.63) is 30.1 Å². The van der Waals surface area contributed by atoms with E-state index in [2.05, 4.69) is 10.1 Å². The Balaban J connectivity index is 2.21. The van der Waals surface area contributed by atoms with E-state index in [9.17, 15) is 0 Å². The lowest BCUT2D eigenvalue weighted by Gasteiger charge is -2.11. The number of anilines is 1. The lowest BCUT2D eigenvalue weighted by atomic mass is 10.2. The van der Waals surface area contributed by atoms with Gasteiger partial charge in [0.2, 0.25) is 0 Å². The molecule has 1 aromatic heterocycles. The lowest BCUT2D eigenvalue weighted by molar-refractivity contribution is 0.422. The Bertz CT molecular complexity index is 476. The van der Waals surface area contributed by atoms with Gasteiger partial charge in [-0.3, -0.25) is 0 Å². The smallest absolute Gasteiger partial charge is 0.257 e. The SMILES string of the molecule is CN(C)c1ccc(-c2nc(CCN)no2)cc1. The molecule has 0 saturated heterocycles. The zero-order valence-electron chi connectivity index (χ0n) is 10.1. The van der Waals surface area contributed by atoms with Gasteiger partial charge >= 0.3 is 0 Å². The van der Waals surface area contributed by atoms with Gasteiger partial charge in [-0.1, -0.05) is 5.16 Å². The van der Waals surface area contributed by atoms with E-state index in [1.54, 1.807) is 0 Å². The lowest BCUT2D eigenvalue weighted by Crippen LogP contribution is -2.07. The highest BCUT2D eigenvalue weighted by molar-refractivity contribution is 5.58. The fourth-order valence-electron chi connectivity index (χ4n) is 1.50. The summed E-state index contributed by atoms with van der Waals surface area (Å²) in [6.45, 7) is 0.526. The predicted molar refractivity (Wildman–Crippen MR) is 66.8 cm³/mol. The van der Waals surface area contributed by atoms with E-state index in [0.29, 0.717) is 24.7 Å². The van der Waals surface area contributed by atoms with E-state index in [4.69, 9.17) is 10.3 Å². The standard InChI is InChI=1S/C12H16N4O/c1-16(2)10-5-3-9(4-6-10)12-14-11(7-8-13)15-17-12/h3-6H,7-8,13H2,1-2H3. The quantitative estimate of drug-likeness (QED) is 0.860. The summed E-state index contributed by atoms with van der Waals surface area (Å²) in [5.74, 6) is 1.19. The molecule has 2 rings (SSSR count). The van der Waals surface area contributed by atoms with Crippen molar-refractivity contribution in [1.29, 1.82) is 0 Å². The number of hydrogen-bond acceptors (Lipinski definition) is 5. The molecule has 2 N–H and O–H groups in total. The molecule has 5 heteroatoms. The fraction of sp³-hybridized carbons (Fsp3) is 0.333. The summed E-state index contributed by atoms with van der Waals surface area (Å²) < 4.78 is 5.17. The molecule has 90 valence electrons. The third-order valence-electron chi connectivity index (χ3n) is 2.47. The first-order valence-corrected chi connectivity index (χ1v) is 5.51. The van der Waals surface area contributed by atoms with Gasteiger partial charge in [0.25, 0.3) is 5.89 Å². The molecule has 0 spiro atoms. The van der Waals surface area contributed by atoms with Crippen LogP contribution >= 0.6 is 0 Å². The average Bonchev–Trinajstić information content (AvgIpc) is 2.78. The van der Waals surface area contributed by atoms with Crippen molar-refractivity contribution in [2.75, 3.05) is 25.5 Å². The van der Waals surface area contributed by atoms with Gasteiger partial charge in [-0.2, -0.15) is 4.98 Å². The summed E-state index contributed by atoms with van der Waals surface area (Å²) in [4.78, 5) is 6.31. The second-order valence-electron chi connectivity index (χ2n) is 4.00. The number of nitrogens with zero attached hydrogens (tertiary/aromatic N) is 3. The van der Waals surface area contributed by atoms with Gasteiger partial charge in [0.15, 0.2) is 5.82 Å². The van der Waals surface area contributed by atoms with Gasteiger partial charge in [-0.15, -0.1) is 0 Å². The first-order chi connectivity index (χ1) is 8.20. The summed E-state index contributed by atoms with van der Waals surface area (Å²) in [7, 11) is 4.00. The molecule has 0 fully saturated rings. The molecule has 17 heavy (non-hydrogen) atoms. The first kappa shape index (κ1) is 11.6. The molecule has 0 amide bonds. The molecule has 0 saturated carbocycles. The topological polar surface area (TPSA) is 68.2 Å².